The van der Waals surface area contributed by atoms with Gasteiger partial charge in [-0.1, -0.05) is 77.6 Å². The molecule has 6 nitrogen and oxygen atoms in total. The summed E-state index contributed by atoms with van der Waals surface area (Å²) in [5.74, 6) is -2.13. The number of nitrogens with one attached hydrogen (secondary N) is 1. The van der Waals surface area contributed by atoms with Gasteiger partial charge in [0.05, 0.1) is 5.92 Å². The number of nitrogens with zero attached hydrogens (tertiary/aromatic N) is 1. The summed E-state index contributed by atoms with van der Waals surface area (Å²) in [7, 11) is 3.61. The van der Waals surface area contributed by atoms with Gasteiger partial charge in [-0.2, -0.15) is 0 Å². The second-order valence-corrected chi connectivity index (χ2v) is 7.91. The maximum Gasteiger partial charge on any atom is 0.321 e. The zero-order chi connectivity index (χ0) is 20.5. The molecule has 0 spiro atoms. The topological polar surface area (TPSA) is 95.7 Å². The van der Waals surface area contributed by atoms with Gasteiger partial charge in [-0.15, -0.1) is 0 Å². The first-order valence-electron chi connectivity index (χ1n) is 10.8. The number of rotatable bonds is 18. The highest BCUT2D eigenvalue weighted by molar-refractivity contribution is 5.86. The first-order chi connectivity index (χ1) is 12.9. The summed E-state index contributed by atoms with van der Waals surface area (Å²) < 4.78 is 0. The number of amides is 1. The molecule has 0 bridgehead atoms. The Morgan fingerprint density at radius 3 is 1.74 bits per heavy atom. The summed E-state index contributed by atoms with van der Waals surface area (Å²) in [4.78, 5) is 25.1. The number of hydrogen-bond acceptors (Lipinski definition) is 4. The number of carbonyl (C=O) groups is 2. The van der Waals surface area contributed by atoms with Gasteiger partial charge >= 0.3 is 5.97 Å². The normalized spacial score (nSPS) is 13.5. The Kier molecular flexibility index (Phi) is 16.3. The van der Waals surface area contributed by atoms with Gasteiger partial charge in [0.25, 0.3) is 0 Å². The van der Waals surface area contributed by atoms with Crippen LogP contribution in [0.25, 0.3) is 0 Å². The second kappa shape index (κ2) is 17.0. The van der Waals surface area contributed by atoms with Crippen molar-refractivity contribution < 1.29 is 14.7 Å². The van der Waals surface area contributed by atoms with Gasteiger partial charge in [-0.25, -0.2) is 0 Å². The minimum atomic E-state index is -1.17. The van der Waals surface area contributed by atoms with Crippen molar-refractivity contribution in [2.45, 2.75) is 90.0 Å². The van der Waals surface area contributed by atoms with E-state index in [-0.39, 0.29) is 5.91 Å². The lowest BCUT2D eigenvalue weighted by molar-refractivity contribution is -0.143. The molecule has 0 aliphatic heterocycles. The van der Waals surface area contributed by atoms with Crippen molar-refractivity contribution in [1.29, 1.82) is 0 Å². The van der Waals surface area contributed by atoms with Crippen LogP contribution in [0.15, 0.2) is 0 Å². The lowest BCUT2D eigenvalue weighted by Crippen LogP contribution is -2.50. The predicted octanol–water partition coefficient (Wildman–Crippen LogP) is 3.39. The molecule has 0 saturated heterocycles. The summed E-state index contributed by atoms with van der Waals surface area (Å²) in [5.41, 5.74) is 5.67. The van der Waals surface area contributed by atoms with Gasteiger partial charge in [-0.05, 0) is 20.5 Å². The standard InChI is InChI=1S/C21H43N3O3/c1-4-5-6-7-8-9-10-11-12-13-14-15-16-23-20(25)18(17-24(2)3)19(22)21(26)27/h18-19H,4-17,22H2,1-3H3,(H,23,25)(H,26,27). The molecule has 2 atom stereocenters. The van der Waals surface area contributed by atoms with E-state index >= 15 is 0 Å². The molecule has 2 unspecified atom stereocenters. The molecule has 4 N–H and O–H groups in total. The van der Waals surface area contributed by atoms with Crippen LogP contribution in [0, 0.1) is 5.92 Å². The van der Waals surface area contributed by atoms with Crippen molar-refractivity contribution >= 4 is 11.9 Å². The van der Waals surface area contributed by atoms with Gasteiger partial charge in [0.1, 0.15) is 6.04 Å². The van der Waals surface area contributed by atoms with Crippen LogP contribution in [0.5, 0.6) is 0 Å². The van der Waals surface area contributed by atoms with Crippen molar-refractivity contribution in [2.75, 3.05) is 27.2 Å². The highest BCUT2D eigenvalue weighted by Crippen LogP contribution is 2.12. The van der Waals surface area contributed by atoms with E-state index in [1.807, 2.05) is 0 Å². The quantitative estimate of drug-likeness (QED) is 0.314. The molecule has 27 heavy (non-hydrogen) atoms. The van der Waals surface area contributed by atoms with Crippen LogP contribution in [0.4, 0.5) is 0 Å². The van der Waals surface area contributed by atoms with Crippen LogP contribution in [0.2, 0.25) is 0 Å². The highest BCUT2D eigenvalue weighted by atomic mass is 16.4. The Morgan fingerprint density at radius 1 is 0.889 bits per heavy atom. The van der Waals surface area contributed by atoms with E-state index < -0.39 is 17.9 Å². The molecular weight excluding hydrogens is 342 g/mol. The maximum atomic E-state index is 12.2. The molecule has 0 aliphatic carbocycles. The van der Waals surface area contributed by atoms with E-state index in [4.69, 9.17) is 10.8 Å². The first-order valence-corrected chi connectivity index (χ1v) is 10.8. The van der Waals surface area contributed by atoms with Gasteiger partial charge in [0.15, 0.2) is 0 Å². The van der Waals surface area contributed by atoms with Crippen LogP contribution in [0.1, 0.15) is 84.0 Å². The molecule has 1 amide bonds. The van der Waals surface area contributed by atoms with Gasteiger partial charge in [0, 0.05) is 13.1 Å². The Bertz CT molecular complexity index is 389. The molecule has 0 radical (unpaired) electrons. The van der Waals surface area contributed by atoms with Gasteiger partial charge < -0.3 is 21.1 Å². The predicted molar refractivity (Wildman–Crippen MR) is 112 cm³/mol. The minimum absolute atomic E-state index is 0.262. The number of nitrogens with two attached hydrogens (primary N) is 1. The molecule has 0 saturated carbocycles. The highest BCUT2D eigenvalue weighted by Gasteiger charge is 2.30. The summed E-state index contributed by atoms with van der Waals surface area (Å²) >= 11 is 0. The monoisotopic (exact) mass is 385 g/mol. The number of unbranched alkanes of at least 4 members (excludes halogenated alkanes) is 11. The average molecular weight is 386 g/mol. The molecule has 6 heteroatoms. The van der Waals surface area contributed by atoms with Crippen molar-refractivity contribution in [1.82, 2.24) is 10.2 Å². The summed E-state index contributed by atoms with van der Waals surface area (Å²) in [6, 6.07) is -1.17. The lowest BCUT2D eigenvalue weighted by atomic mass is 9.99. The third-order valence-electron chi connectivity index (χ3n) is 4.95. The number of carboxylic acid groups (broad SMARTS) is 1. The summed E-state index contributed by atoms with van der Waals surface area (Å²) in [5, 5.41) is 11.9. The molecule has 0 aromatic carbocycles. The Hall–Kier alpha value is -1.14. The molecule has 0 rings (SSSR count). The van der Waals surface area contributed by atoms with Crippen LogP contribution >= 0.6 is 0 Å². The SMILES string of the molecule is CCCCCCCCCCCCCCNC(=O)C(CN(C)C)C(N)C(=O)O. The molecule has 0 heterocycles. The van der Waals surface area contributed by atoms with Crippen LogP contribution in [-0.2, 0) is 9.59 Å². The molecule has 0 fully saturated rings. The van der Waals surface area contributed by atoms with E-state index in [0.717, 1.165) is 12.8 Å². The van der Waals surface area contributed by atoms with E-state index in [1.54, 1.807) is 19.0 Å². The molecular formula is C21H43N3O3. The number of hydrogen-bond donors (Lipinski definition) is 3. The third-order valence-corrected chi connectivity index (χ3v) is 4.95. The smallest absolute Gasteiger partial charge is 0.321 e. The Morgan fingerprint density at radius 2 is 1.33 bits per heavy atom. The zero-order valence-corrected chi connectivity index (χ0v) is 17.8. The van der Waals surface area contributed by atoms with Crippen molar-refractivity contribution in [3.8, 4) is 0 Å². The van der Waals surface area contributed by atoms with E-state index in [9.17, 15) is 9.59 Å². The Balaban J connectivity index is 3.69. The fraction of sp³-hybridized carbons (Fsp3) is 0.905. The zero-order valence-electron chi connectivity index (χ0n) is 17.8. The maximum absolute atomic E-state index is 12.2. The van der Waals surface area contributed by atoms with Crippen molar-refractivity contribution in [2.24, 2.45) is 11.7 Å². The van der Waals surface area contributed by atoms with E-state index in [1.165, 1.54) is 64.2 Å². The minimum Gasteiger partial charge on any atom is -0.480 e. The van der Waals surface area contributed by atoms with E-state index in [2.05, 4.69) is 12.2 Å². The number of carboxylic acids is 1. The second-order valence-electron chi connectivity index (χ2n) is 7.91. The first kappa shape index (κ1) is 25.9. The van der Waals surface area contributed by atoms with Crippen molar-refractivity contribution in [3.05, 3.63) is 0 Å². The molecule has 0 aromatic rings. The summed E-state index contributed by atoms with van der Waals surface area (Å²) in [6.07, 6.45) is 15.3. The molecule has 0 aromatic heterocycles. The fourth-order valence-electron chi connectivity index (χ4n) is 3.23. The van der Waals surface area contributed by atoms with Crippen molar-refractivity contribution in [3.63, 3.8) is 0 Å². The molecule has 160 valence electrons. The lowest BCUT2D eigenvalue weighted by Gasteiger charge is -2.23. The Labute approximate surface area is 166 Å². The van der Waals surface area contributed by atoms with Crippen LogP contribution < -0.4 is 11.1 Å². The largest absolute Gasteiger partial charge is 0.480 e. The molecule has 0 aliphatic rings. The number of aliphatic carboxylic acids is 1. The van der Waals surface area contributed by atoms with E-state index in [0.29, 0.717) is 13.1 Å². The van der Waals surface area contributed by atoms with Gasteiger partial charge in [0.2, 0.25) is 5.91 Å². The van der Waals surface area contributed by atoms with Gasteiger partial charge in [-0.3, -0.25) is 9.59 Å². The number of carbonyl (C=O) groups excluding carboxylic acids is 1. The summed E-state index contributed by atoms with van der Waals surface area (Å²) in [6.45, 7) is 3.17. The van der Waals surface area contributed by atoms with Crippen LogP contribution in [-0.4, -0.2) is 55.1 Å². The fourth-order valence-corrected chi connectivity index (χ4v) is 3.23. The average Bonchev–Trinajstić information content (AvgIpc) is 2.62. The third kappa shape index (κ3) is 14.6. The van der Waals surface area contributed by atoms with Crippen LogP contribution in [0.3, 0.4) is 0 Å².